The smallest absolute Gasteiger partial charge is 0.354 e. The Kier molecular flexibility index (Phi) is 2.81. The number of hydrogen-bond acceptors (Lipinski definition) is 2. The number of nitrogens with zero attached hydrogens (tertiary/aromatic N) is 1. The van der Waals surface area contributed by atoms with Gasteiger partial charge in [-0.05, 0) is 11.5 Å². The van der Waals surface area contributed by atoms with Crippen LogP contribution in [0.3, 0.4) is 0 Å². The molecule has 14 heavy (non-hydrogen) atoms. The molecule has 0 unspecified atom stereocenters. The fourth-order valence-corrected chi connectivity index (χ4v) is 1.74. The maximum absolute atomic E-state index is 10.9. The molecule has 0 spiro atoms. The van der Waals surface area contributed by atoms with Gasteiger partial charge in [0, 0.05) is 16.8 Å². The van der Waals surface area contributed by atoms with Gasteiger partial charge in [-0.15, -0.1) is 0 Å². The Morgan fingerprint density at radius 2 is 2.07 bits per heavy atom. The fraction of sp³-hybridized carbons (Fsp3) is 0.400. The summed E-state index contributed by atoms with van der Waals surface area (Å²) in [6.07, 6.45) is 1.40. The van der Waals surface area contributed by atoms with Crippen LogP contribution in [0.2, 0.25) is 5.02 Å². The zero-order valence-corrected chi connectivity index (χ0v) is 9.09. The van der Waals surface area contributed by atoms with Gasteiger partial charge in [-0.3, -0.25) is 0 Å². The molecule has 0 aliphatic heterocycles. The second-order valence-corrected chi connectivity index (χ2v) is 4.48. The number of halogens is 1. The summed E-state index contributed by atoms with van der Waals surface area (Å²) in [5, 5.41) is 9.38. The average molecular weight is 214 g/mol. The molecule has 1 aromatic rings. The van der Waals surface area contributed by atoms with Crippen molar-refractivity contribution in [3.05, 3.63) is 28.5 Å². The van der Waals surface area contributed by atoms with Crippen LogP contribution in [0.25, 0.3) is 0 Å². The minimum absolute atomic E-state index is 0.0324. The van der Waals surface area contributed by atoms with E-state index in [1.165, 1.54) is 6.20 Å². The lowest BCUT2D eigenvalue weighted by molar-refractivity contribution is 0.0687. The first-order valence-electron chi connectivity index (χ1n) is 4.22. The van der Waals surface area contributed by atoms with Gasteiger partial charge < -0.3 is 5.11 Å². The minimum Gasteiger partial charge on any atom is -0.477 e. The molecule has 1 N–H and O–H groups in total. The predicted molar refractivity (Wildman–Crippen MR) is 54.9 cm³/mol. The van der Waals surface area contributed by atoms with Gasteiger partial charge in [0.15, 0.2) is 5.69 Å². The highest BCUT2D eigenvalue weighted by Gasteiger charge is 2.25. The van der Waals surface area contributed by atoms with Crippen molar-refractivity contribution in [1.82, 2.24) is 4.98 Å². The van der Waals surface area contributed by atoms with Crippen molar-refractivity contribution in [3.63, 3.8) is 0 Å². The average Bonchev–Trinajstić information content (AvgIpc) is 2.01. The quantitative estimate of drug-likeness (QED) is 0.781. The summed E-state index contributed by atoms with van der Waals surface area (Å²) >= 11 is 5.95. The molecule has 0 bridgehead atoms. The minimum atomic E-state index is -1.04. The molecule has 3 nitrogen and oxygen atoms in total. The van der Waals surface area contributed by atoms with E-state index in [2.05, 4.69) is 4.98 Å². The number of aromatic carboxylic acids is 1. The molecule has 1 rings (SSSR count). The second kappa shape index (κ2) is 3.58. The maximum atomic E-state index is 10.9. The Balaban J connectivity index is 3.45. The molecule has 0 atom stereocenters. The fourth-order valence-electron chi connectivity index (χ4n) is 1.31. The Morgan fingerprint density at radius 1 is 1.50 bits per heavy atom. The molecule has 0 aliphatic rings. The highest BCUT2D eigenvalue weighted by molar-refractivity contribution is 6.31. The van der Waals surface area contributed by atoms with Crippen LogP contribution < -0.4 is 0 Å². The first-order chi connectivity index (χ1) is 6.34. The third kappa shape index (κ3) is 2.04. The second-order valence-electron chi connectivity index (χ2n) is 4.07. The Labute approximate surface area is 87.7 Å². The van der Waals surface area contributed by atoms with Gasteiger partial charge in [-0.2, -0.15) is 0 Å². The Morgan fingerprint density at radius 3 is 2.43 bits per heavy atom. The third-order valence-electron chi connectivity index (χ3n) is 1.85. The van der Waals surface area contributed by atoms with Gasteiger partial charge in [-0.25, -0.2) is 9.78 Å². The lowest BCUT2D eigenvalue weighted by Gasteiger charge is -2.21. The van der Waals surface area contributed by atoms with Crippen molar-refractivity contribution in [2.75, 3.05) is 0 Å². The van der Waals surface area contributed by atoms with Crippen LogP contribution >= 0.6 is 11.6 Å². The van der Waals surface area contributed by atoms with Gasteiger partial charge in [0.1, 0.15) is 0 Å². The zero-order chi connectivity index (χ0) is 10.9. The van der Waals surface area contributed by atoms with E-state index in [1.54, 1.807) is 6.07 Å². The topological polar surface area (TPSA) is 50.2 Å². The highest BCUT2D eigenvalue weighted by atomic mass is 35.5. The molecule has 0 aromatic carbocycles. The summed E-state index contributed by atoms with van der Waals surface area (Å²) in [7, 11) is 0. The van der Waals surface area contributed by atoms with Crippen LogP contribution in [-0.4, -0.2) is 16.1 Å². The molecule has 0 fully saturated rings. The molecule has 0 radical (unpaired) electrons. The SMILES string of the molecule is CC(C)(C)c1c(Cl)ccnc1C(=O)O. The molecule has 0 aliphatic carbocycles. The predicted octanol–water partition coefficient (Wildman–Crippen LogP) is 2.73. The van der Waals surface area contributed by atoms with Crippen LogP contribution in [0, 0.1) is 0 Å². The molecule has 1 aromatic heterocycles. The molecule has 76 valence electrons. The molecule has 1 heterocycles. The van der Waals surface area contributed by atoms with Crippen molar-refractivity contribution >= 4 is 17.6 Å². The lowest BCUT2D eigenvalue weighted by atomic mass is 9.86. The molecular weight excluding hydrogens is 202 g/mol. The Bertz CT molecular complexity index is 369. The maximum Gasteiger partial charge on any atom is 0.354 e. The van der Waals surface area contributed by atoms with E-state index in [9.17, 15) is 4.79 Å². The molecule has 0 saturated carbocycles. The van der Waals surface area contributed by atoms with Crippen molar-refractivity contribution in [2.45, 2.75) is 26.2 Å². The molecule has 0 saturated heterocycles. The highest BCUT2D eigenvalue weighted by Crippen LogP contribution is 2.31. The standard InChI is InChI=1S/C10H12ClNO2/c1-10(2,3)7-6(11)4-5-12-8(7)9(13)14/h4-5H,1-3H3,(H,13,14). The number of aromatic nitrogens is 1. The molecule has 0 amide bonds. The summed E-state index contributed by atoms with van der Waals surface area (Å²) in [5.41, 5.74) is 0.290. The van der Waals surface area contributed by atoms with Gasteiger partial charge in [0.25, 0.3) is 0 Å². The number of pyridine rings is 1. The lowest BCUT2D eigenvalue weighted by Crippen LogP contribution is -2.18. The third-order valence-corrected chi connectivity index (χ3v) is 2.17. The first-order valence-corrected chi connectivity index (χ1v) is 4.60. The van der Waals surface area contributed by atoms with E-state index < -0.39 is 5.97 Å². The van der Waals surface area contributed by atoms with Gasteiger partial charge in [0.05, 0.1) is 0 Å². The number of hydrogen-bond donors (Lipinski definition) is 1. The van der Waals surface area contributed by atoms with E-state index in [4.69, 9.17) is 16.7 Å². The number of carbonyl (C=O) groups is 1. The van der Waals surface area contributed by atoms with E-state index in [1.807, 2.05) is 20.8 Å². The van der Waals surface area contributed by atoms with Crippen molar-refractivity contribution < 1.29 is 9.90 Å². The largest absolute Gasteiger partial charge is 0.477 e. The monoisotopic (exact) mass is 213 g/mol. The van der Waals surface area contributed by atoms with E-state index in [0.29, 0.717) is 10.6 Å². The summed E-state index contributed by atoms with van der Waals surface area (Å²) in [4.78, 5) is 14.7. The van der Waals surface area contributed by atoms with Crippen molar-refractivity contribution in [2.24, 2.45) is 0 Å². The van der Waals surface area contributed by atoms with Gasteiger partial charge in [-0.1, -0.05) is 32.4 Å². The Hall–Kier alpha value is -1.09. The van der Waals surface area contributed by atoms with Crippen LogP contribution in [0.5, 0.6) is 0 Å². The van der Waals surface area contributed by atoms with E-state index >= 15 is 0 Å². The summed E-state index contributed by atoms with van der Waals surface area (Å²) in [5.74, 6) is -1.04. The van der Waals surface area contributed by atoms with Crippen molar-refractivity contribution in [1.29, 1.82) is 0 Å². The van der Waals surface area contributed by atoms with Gasteiger partial charge in [0.2, 0.25) is 0 Å². The first kappa shape index (κ1) is 11.0. The summed E-state index contributed by atoms with van der Waals surface area (Å²) < 4.78 is 0. The molecule has 4 heteroatoms. The van der Waals surface area contributed by atoms with Crippen LogP contribution in [0.4, 0.5) is 0 Å². The van der Waals surface area contributed by atoms with Crippen molar-refractivity contribution in [3.8, 4) is 0 Å². The van der Waals surface area contributed by atoms with Crippen LogP contribution in [0.15, 0.2) is 12.3 Å². The van der Waals surface area contributed by atoms with E-state index in [0.717, 1.165) is 0 Å². The van der Waals surface area contributed by atoms with Crippen LogP contribution in [0.1, 0.15) is 36.8 Å². The van der Waals surface area contributed by atoms with E-state index in [-0.39, 0.29) is 11.1 Å². The summed E-state index contributed by atoms with van der Waals surface area (Å²) in [6, 6.07) is 1.61. The molecular formula is C10H12ClNO2. The number of carboxylic acid groups (broad SMARTS) is 1. The van der Waals surface area contributed by atoms with Gasteiger partial charge >= 0.3 is 5.97 Å². The number of rotatable bonds is 1. The number of carboxylic acids is 1. The normalized spacial score (nSPS) is 11.4. The summed E-state index contributed by atoms with van der Waals surface area (Å²) in [6.45, 7) is 5.72. The van der Waals surface area contributed by atoms with Crippen LogP contribution in [-0.2, 0) is 5.41 Å². The zero-order valence-electron chi connectivity index (χ0n) is 8.34.